The van der Waals surface area contributed by atoms with E-state index >= 15 is 0 Å². The van der Waals surface area contributed by atoms with Crippen LogP contribution in [0.15, 0.2) is 18.2 Å². The summed E-state index contributed by atoms with van der Waals surface area (Å²) in [6.07, 6.45) is 3.86. The SMILES string of the molecule is CC(C)N1CCOc2ccc(CC3CCCNC3)cc21. The minimum Gasteiger partial charge on any atom is -0.490 e. The Morgan fingerprint density at radius 2 is 2.30 bits per heavy atom. The van der Waals surface area contributed by atoms with Crippen LogP contribution in [-0.2, 0) is 6.42 Å². The molecular formula is C17H26N2O. The van der Waals surface area contributed by atoms with Gasteiger partial charge in [-0.05, 0) is 69.8 Å². The molecule has 3 heteroatoms. The third-order valence-electron chi connectivity index (χ3n) is 4.47. The number of anilines is 1. The monoisotopic (exact) mass is 274 g/mol. The molecule has 0 amide bonds. The fourth-order valence-electron chi connectivity index (χ4n) is 3.38. The minimum absolute atomic E-state index is 0.532. The van der Waals surface area contributed by atoms with Gasteiger partial charge in [0.05, 0.1) is 12.2 Å². The van der Waals surface area contributed by atoms with Gasteiger partial charge in [-0.15, -0.1) is 0 Å². The Kier molecular flexibility index (Phi) is 4.16. The molecule has 1 saturated heterocycles. The van der Waals surface area contributed by atoms with Gasteiger partial charge in [0.1, 0.15) is 12.4 Å². The number of rotatable bonds is 3. The number of hydrogen-bond donors (Lipinski definition) is 1. The van der Waals surface area contributed by atoms with Gasteiger partial charge < -0.3 is 15.0 Å². The summed E-state index contributed by atoms with van der Waals surface area (Å²) in [5.74, 6) is 1.84. The predicted molar refractivity (Wildman–Crippen MR) is 83.7 cm³/mol. The normalized spacial score (nSPS) is 22.6. The smallest absolute Gasteiger partial charge is 0.142 e. The van der Waals surface area contributed by atoms with Crippen molar-refractivity contribution in [2.45, 2.75) is 39.2 Å². The van der Waals surface area contributed by atoms with E-state index in [1.54, 1.807) is 0 Å². The molecule has 0 saturated carbocycles. The van der Waals surface area contributed by atoms with Gasteiger partial charge in [-0.2, -0.15) is 0 Å². The fourth-order valence-corrected chi connectivity index (χ4v) is 3.38. The van der Waals surface area contributed by atoms with Crippen LogP contribution in [0.5, 0.6) is 5.75 Å². The summed E-state index contributed by atoms with van der Waals surface area (Å²) in [6.45, 7) is 8.67. The summed E-state index contributed by atoms with van der Waals surface area (Å²) in [6, 6.07) is 7.29. The first-order valence-electron chi connectivity index (χ1n) is 7.97. The molecule has 2 aliphatic heterocycles. The van der Waals surface area contributed by atoms with Gasteiger partial charge in [0.2, 0.25) is 0 Å². The van der Waals surface area contributed by atoms with Crippen LogP contribution in [0.4, 0.5) is 5.69 Å². The number of benzene rings is 1. The lowest BCUT2D eigenvalue weighted by molar-refractivity contribution is 0.302. The van der Waals surface area contributed by atoms with Gasteiger partial charge in [-0.25, -0.2) is 0 Å². The molecule has 0 bridgehead atoms. The zero-order valence-corrected chi connectivity index (χ0v) is 12.7. The number of hydrogen-bond acceptors (Lipinski definition) is 3. The molecule has 1 atom stereocenters. The van der Waals surface area contributed by atoms with E-state index in [2.05, 4.69) is 42.3 Å². The molecular weight excluding hydrogens is 248 g/mol. The van der Waals surface area contributed by atoms with Crippen LogP contribution < -0.4 is 15.0 Å². The van der Waals surface area contributed by atoms with Crippen molar-refractivity contribution < 1.29 is 4.74 Å². The van der Waals surface area contributed by atoms with E-state index in [-0.39, 0.29) is 0 Å². The fraction of sp³-hybridized carbons (Fsp3) is 0.647. The van der Waals surface area contributed by atoms with Crippen LogP contribution in [0.1, 0.15) is 32.3 Å². The lowest BCUT2D eigenvalue weighted by Crippen LogP contribution is -2.38. The van der Waals surface area contributed by atoms with Gasteiger partial charge in [0.25, 0.3) is 0 Å². The second kappa shape index (κ2) is 6.04. The van der Waals surface area contributed by atoms with Crippen molar-refractivity contribution in [2.75, 3.05) is 31.1 Å². The summed E-state index contributed by atoms with van der Waals surface area (Å²) in [5.41, 5.74) is 2.74. The molecule has 0 spiro atoms. The lowest BCUT2D eigenvalue weighted by Gasteiger charge is -2.35. The molecule has 0 aromatic heterocycles. The van der Waals surface area contributed by atoms with E-state index in [0.717, 1.165) is 24.8 Å². The first kappa shape index (κ1) is 13.7. The first-order valence-corrected chi connectivity index (χ1v) is 7.97. The molecule has 1 N–H and O–H groups in total. The molecule has 2 aliphatic rings. The molecule has 3 nitrogen and oxygen atoms in total. The third kappa shape index (κ3) is 2.93. The molecule has 2 heterocycles. The number of piperidine rings is 1. The van der Waals surface area contributed by atoms with Crippen molar-refractivity contribution in [3.8, 4) is 5.75 Å². The Bertz CT molecular complexity index is 452. The van der Waals surface area contributed by atoms with Crippen LogP contribution in [0.2, 0.25) is 0 Å². The molecule has 1 fully saturated rings. The van der Waals surface area contributed by atoms with Crippen molar-refractivity contribution in [3.05, 3.63) is 23.8 Å². The van der Waals surface area contributed by atoms with E-state index < -0.39 is 0 Å². The first-order chi connectivity index (χ1) is 9.74. The average molecular weight is 274 g/mol. The van der Waals surface area contributed by atoms with Gasteiger partial charge >= 0.3 is 0 Å². The summed E-state index contributed by atoms with van der Waals surface area (Å²) >= 11 is 0. The van der Waals surface area contributed by atoms with Crippen LogP contribution in [0.25, 0.3) is 0 Å². The zero-order chi connectivity index (χ0) is 13.9. The maximum atomic E-state index is 5.79. The molecule has 1 unspecified atom stereocenters. The van der Waals surface area contributed by atoms with Gasteiger partial charge in [-0.1, -0.05) is 6.07 Å². The summed E-state index contributed by atoms with van der Waals surface area (Å²) in [5, 5.41) is 3.51. The summed E-state index contributed by atoms with van der Waals surface area (Å²) in [7, 11) is 0. The Balaban J connectivity index is 1.78. The molecule has 0 radical (unpaired) electrons. The second-order valence-electron chi connectivity index (χ2n) is 6.35. The average Bonchev–Trinajstić information content (AvgIpc) is 2.47. The molecule has 3 rings (SSSR count). The summed E-state index contributed by atoms with van der Waals surface area (Å²) in [4.78, 5) is 2.46. The van der Waals surface area contributed by atoms with Crippen molar-refractivity contribution in [1.29, 1.82) is 0 Å². The van der Waals surface area contributed by atoms with Crippen molar-refractivity contribution in [2.24, 2.45) is 5.92 Å². The molecule has 0 aliphatic carbocycles. The largest absolute Gasteiger partial charge is 0.490 e. The Morgan fingerprint density at radius 3 is 3.05 bits per heavy atom. The van der Waals surface area contributed by atoms with E-state index in [1.807, 2.05) is 0 Å². The van der Waals surface area contributed by atoms with E-state index in [1.165, 1.54) is 43.6 Å². The highest BCUT2D eigenvalue weighted by Gasteiger charge is 2.21. The molecule has 20 heavy (non-hydrogen) atoms. The standard InChI is InChI=1S/C17H26N2O/c1-13(2)19-8-9-20-17-6-5-14(11-16(17)19)10-15-4-3-7-18-12-15/h5-6,11,13,15,18H,3-4,7-10,12H2,1-2H3. The Labute approximate surface area is 122 Å². The highest BCUT2D eigenvalue weighted by atomic mass is 16.5. The van der Waals surface area contributed by atoms with Crippen LogP contribution in [0, 0.1) is 5.92 Å². The second-order valence-corrected chi connectivity index (χ2v) is 6.35. The van der Waals surface area contributed by atoms with E-state index in [4.69, 9.17) is 4.74 Å². The predicted octanol–water partition coefficient (Wildman–Crippen LogP) is 2.84. The zero-order valence-electron chi connectivity index (χ0n) is 12.7. The quantitative estimate of drug-likeness (QED) is 0.917. The van der Waals surface area contributed by atoms with Gasteiger partial charge in [0.15, 0.2) is 0 Å². The van der Waals surface area contributed by atoms with Crippen molar-refractivity contribution in [1.82, 2.24) is 5.32 Å². The van der Waals surface area contributed by atoms with Crippen LogP contribution in [0.3, 0.4) is 0 Å². The van der Waals surface area contributed by atoms with Gasteiger partial charge in [-0.3, -0.25) is 0 Å². The molecule has 1 aromatic carbocycles. The Hall–Kier alpha value is -1.22. The van der Waals surface area contributed by atoms with Gasteiger partial charge in [0, 0.05) is 6.04 Å². The van der Waals surface area contributed by atoms with Crippen LogP contribution in [-0.4, -0.2) is 32.3 Å². The number of ether oxygens (including phenoxy) is 1. The number of nitrogens with zero attached hydrogens (tertiary/aromatic N) is 1. The van der Waals surface area contributed by atoms with E-state index in [9.17, 15) is 0 Å². The van der Waals surface area contributed by atoms with Crippen molar-refractivity contribution in [3.63, 3.8) is 0 Å². The lowest BCUT2D eigenvalue weighted by atomic mass is 9.92. The van der Waals surface area contributed by atoms with Crippen LogP contribution >= 0.6 is 0 Å². The van der Waals surface area contributed by atoms with Crippen molar-refractivity contribution >= 4 is 5.69 Å². The third-order valence-corrected chi connectivity index (χ3v) is 4.47. The number of fused-ring (bicyclic) bond motifs is 1. The molecule has 1 aromatic rings. The topological polar surface area (TPSA) is 24.5 Å². The minimum atomic E-state index is 0.532. The Morgan fingerprint density at radius 1 is 1.40 bits per heavy atom. The maximum Gasteiger partial charge on any atom is 0.142 e. The highest BCUT2D eigenvalue weighted by molar-refractivity contribution is 5.62. The molecule has 110 valence electrons. The maximum absolute atomic E-state index is 5.79. The summed E-state index contributed by atoms with van der Waals surface area (Å²) < 4.78 is 5.79. The highest BCUT2D eigenvalue weighted by Crippen LogP contribution is 2.34. The number of nitrogens with one attached hydrogen (secondary N) is 1. The van der Waals surface area contributed by atoms with E-state index in [0.29, 0.717) is 6.04 Å².